The van der Waals surface area contributed by atoms with Crippen LogP contribution in [0.1, 0.15) is 32.0 Å². The van der Waals surface area contributed by atoms with E-state index in [1.165, 1.54) is 12.4 Å². The number of pyridine rings is 1. The lowest BCUT2D eigenvalue weighted by Gasteiger charge is -2.19. The van der Waals surface area contributed by atoms with Gasteiger partial charge in [-0.3, -0.25) is 10.3 Å². The van der Waals surface area contributed by atoms with Gasteiger partial charge in [0.25, 0.3) is 0 Å². The van der Waals surface area contributed by atoms with Gasteiger partial charge in [0, 0.05) is 11.3 Å². The van der Waals surface area contributed by atoms with Crippen molar-refractivity contribution >= 4 is 18.0 Å². The molecule has 0 aromatic carbocycles. The molecule has 0 fully saturated rings. The van der Waals surface area contributed by atoms with Gasteiger partial charge in [0.05, 0.1) is 18.1 Å². The van der Waals surface area contributed by atoms with E-state index in [9.17, 15) is 4.79 Å². The van der Waals surface area contributed by atoms with Crippen LogP contribution in [-0.4, -0.2) is 28.1 Å². The molecule has 6 heteroatoms. The fourth-order valence-corrected chi connectivity index (χ4v) is 1.23. The smallest absolute Gasteiger partial charge is 0.412 e. The van der Waals surface area contributed by atoms with Crippen LogP contribution in [-0.2, 0) is 4.74 Å². The van der Waals surface area contributed by atoms with E-state index in [2.05, 4.69) is 15.5 Å². The first-order valence-corrected chi connectivity index (χ1v) is 5.46. The molecule has 0 unspecified atom stereocenters. The van der Waals surface area contributed by atoms with Crippen LogP contribution in [0.15, 0.2) is 17.4 Å². The molecule has 6 nitrogen and oxygen atoms in total. The Labute approximate surface area is 106 Å². The second-order valence-electron chi connectivity index (χ2n) is 4.77. The molecule has 2 N–H and O–H groups in total. The molecule has 1 aromatic rings. The molecule has 0 aliphatic carbocycles. The quantitative estimate of drug-likeness (QED) is 0.480. The highest BCUT2D eigenvalue weighted by atomic mass is 16.6. The van der Waals surface area contributed by atoms with Crippen molar-refractivity contribution in [2.24, 2.45) is 5.16 Å². The first-order chi connectivity index (χ1) is 8.31. The van der Waals surface area contributed by atoms with Gasteiger partial charge in [0.2, 0.25) is 0 Å². The second-order valence-corrected chi connectivity index (χ2v) is 4.77. The zero-order valence-corrected chi connectivity index (χ0v) is 10.9. The summed E-state index contributed by atoms with van der Waals surface area (Å²) in [5.41, 5.74) is 1.23. The van der Waals surface area contributed by atoms with Gasteiger partial charge >= 0.3 is 6.09 Å². The molecule has 0 saturated carbocycles. The Morgan fingerprint density at radius 2 is 2.22 bits per heavy atom. The Morgan fingerprint density at radius 1 is 1.56 bits per heavy atom. The highest BCUT2D eigenvalue weighted by Gasteiger charge is 2.16. The Bertz CT molecular complexity index is 464. The third-order valence-corrected chi connectivity index (χ3v) is 1.97. The van der Waals surface area contributed by atoms with Gasteiger partial charge < -0.3 is 9.94 Å². The maximum Gasteiger partial charge on any atom is 0.412 e. The number of carbonyl (C=O) groups excluding carboxylic acids is 1. The van der Waals surface area contributed by atoms with Crippen LogP contribution < -0.4 is 5.32 Å². The van der Waals surface area contributed by atoms with Crippen molar-refractivity contribution < 1.29 is 14.7 Å². The summed E-state index contributed by atoms with van der Waals surface area (Å²) in [7, 11) is 0. The number of rotatable bonds is 2. The molecular weight excluding hydrogens is 234 g/mol. The first-order valence-electron chi connectivity index (χ1n) is 5.46. The Hall–Kier alpha value is -2.11. The minimum atomic E-state index is -0.558. The summed E-state index contributed by atoms with van der Waals surface area (Å²) >= 11 is 0. The maximum atomic E-state index is 11.5. The molecule has 1 rings (SSSR count). The predicted molar refractivity (Wildman–Crippen MR) is 68.2 cm³/mol. The van der Waals surface area contributed by atoms with Crippen LogP contribution in [0.2, 0.25) is 0 Å². The Kier molecular flexibility index (Phi) is 4.25. The van der Waals surface area contributed by atoms with E-state index in [-0.39, 0.29) is 0 Å². The van der Waals surface area contributed by atoms with E-state index in [0.29, 0.717) is 16.9 Å². The van der Waals surface area contributed by atoms with E-state index < -0.39 is 11.7 Å². The highest BCUT2D eigenvalue weighted by molar-refractivity contribution is 5.87. The van der Waals surface area contributed by atoms with Crippen LogP contribution in [0.4, 0.5) is 10.5 Å². The number of carbonyl (C=O) groups is 1. The van der Waals surface area contributed by atoms with Crippen molar-refractivity contribution in [3.8, 4) is 0 Å². The molecule has 0 radical (unpaired) electrons. The average Bonchev–Trinajstić information content (AvgIpc) is 2.20. The van der Waals surface area contributed by atoms with E-state index in [4.69, 9.17) is 9.94 Å². The van der Waals surface area contributed by atoms with Crippen molar-refractivity contribution in [2.45, 2.75) is 33.3 Å². The van der Waals surface area contributed by atoms with Crippen LogP contribution >= 0.6 is 0 Å². The fourth-order valence-electron chi connectivity index (χ4n) is 1.23. The molecule has 0 aliphatic heterocycles. The minimum Gasteiger partial charge on any atom is -0.444 e. The lowest BCUT2D eigenvalue weighted by Crippen LogP contribution is -2.27. The van der Waals surface area contributed by atoms with Crippen molar-refractivity contribution in [2.75, 3.05) is 5.32 Å². The summed E-state index contributed by atoms with van der Waals surface area (Å²) in [4.78, 5) is 15.6. The minimum absolute atomic E-state index is 0.477. The van der Waals surface area contributed by atoms with Crippen LogP contribution in [0.5, 0.6) is 0 Å². The number of oxime groups is 1. The summed E-state index contributed by atoms with van der Waals surface area (Å²) < 4.78 is 5.11. The molecule has 18 heavy (non-hydrogen) atoms. The number of hydrogen-bond acceptors (Lipinski definition) is 5. The van der Waals surface area contributed by atoms with Gasteiger partial charge in [-0.2, -0.15) is 0 Å². The highest BCUT2D eigenvalue weighted by Crippen LogP contribution is 2.13. The first kappa shape index (κ1) is 14.0. The standard InChI is InChI=1S/C12H17N3O3/c1-8-9(6-14-17)5-10(7-13-8)15-11(16)18-12(2,3)4/h5-7,17H,1-4H3,(H,15,16)/b14-6+. The molecule has 98 valence electrons. The lowest BCUT2D eigenvalue weighted by molar-refractivity contribution is 0.0636. The molecule has 0 saturated heterocycles. The number of aryl methyl sites for hydroxylation is 1. The average molecular weight is 251 g/mol. The number of hydrogen-bond donors (Lipinski definition) is 2. The topological polar surface area (TPSA) is 83.8 Å². The summed E-state index contributed by atoms with van der Waals surface area (Å²) in [6.45, 7) is 7.12. The van der Waals surface area contributed by atoms with Crippen LogP contribution in [0.25, 0.3) is 0 Å². The van der Waals surface area contributed by atoms with Gasteiger partial charge in [-0.1, -0.05) is 5.16 Å². The number of ether oxygens (including phenoxy) is 1. The molecule has 0 bridgehead atoms. The zero-order valence-electron chi connectivity index (χ0n) is 10.9. The van der Waals surface area contributed by atoms with Crippen molar-refractivity contribution in [1.82, 2.24) is 4.98 Å². The van der Waals surface area contributed by atoms with Crippen molar-refractivity contribution in [1.29, 1.82) is 0 Å². The third kappa shape index (κ3) is 4.40. The van der Waals surface area contributed by atoms with Gasteiger partial charge in [0.1, 0.15) is 5.60 Å². The van der Waals surface area contributed by atoms with Gasteiger partial charge in [-0.15, -0.1) is 0 Å². The molecule has 1 aromatic heterocycles. The Balaban J connectivity index is 2.79. The third-order valence-electron chi connectivity index (χ3n) is 1.97. The summed E-state index contributed by atoms with van der Waals surface area (Å²) in [5.74, 6) is 0. The summed E-state index contributed by atoms with van der Waals surface area (Å²) in [6, 6.07) is 1.64. The van der Waals surface area contributed by atoms with E-state index in [1.54, 1.807) is 33.8 Å². The van der Waals surface area contributed by atoms with Crippen molar-refractivity contribution in [3.05, 3.63) is 23.5 Å². The SMILES string of the molecule is Cc1ncc(NC(=O)OC(C)(C)C)cc1/C=N/O. The van der Waals surface area contributed by atoms with Gasteiger partial charge in [0.15, 0.2) is 0 Å². The van der Waals surface area contributed by atoms with Gasteiger partial charge in [-0.25, -0.2) is 4.79 Å². The van der Waals surface area contributed by atoms with Gasteiger partial charge in [-0.05, 0) is 33.8 Å². The van der Waals surface area contributed by atoms with Crippen LogP contribution in [0, 0.1) is 6.92 Å². The number of amides is 1. The number of nitrogens with zero attached hydrogens (tertiary/aromatic N) is 2. The predicted octanol–water partition coefficient (Wildman–Crippen LogP) is 2.55. The normalized spacial score (nSPS) is 11.6. The van der Waals surface area contributed by atoms with E-state index in [0.717, 1.165) is 0 Å². The fraction of sp³-hybridized carbons (Fsp3) is 0.417. The molecule has 0 spiro atoms. The summed E-state index contributed by atoms with van der Waals surface area (Å²) in [6.07, 6.45) is 2.20. The molecule has 0 atom stereocenters. The molecule has 1 heterocycles. The lowest BCUT2D eigenvalue weighted by atomic mass is 10.2. The summed E-state index contributed by atoms with van der Waals surface area (Å²) in [5, 5.41) is 14.0. The largest absolute Gasteiger partial charge is 0.444 e. The van der Waals surface area contributed by atoms with Crippen molar-refractivity contribution in [3.63, 3.8) is 0 Å². The molecule has 1 amide bonds. The second kappa shape index (κ2) is 5.48. The monoisotopic (exact) mass is 251 g/mol. The van der Waals surface area contributed by atoms with Crippen LogP contribution in [0.3, 0.4) is 0 Å². The maximum absolute atomic E-state index is 11.5. The number of nitrogens with one attached hydrogen (secondary N) is 1. The number of anilines is 1. The van der Waals surface area contributed by atoms with E-state index in [1.807, 2.05) is 0 Å². The molecule has 0 aliphatic rings. The van der Waals surface area contributed by atoms with E-state index >= 15 is 0 Å². The zero-order chi connectivity index (χ0) is 13.8. The number of aromatic nitrogens is 1. The Morgan fingerprint density at radius 3 is 2.78 bits per heavy atom. The molecular formula is C12H17N3O3.